The van der Waals surface area contributed by atoms with E-state index >= 15 is 0 Å². The number of rotatable bonds is 3. The lowest BCUT2D eigenvalue weighted by Gasteiger charge is -2.31. The number of aryl methyl sites for hydroxylation is 1. The Balaban J connectivity index is 2.25. The van der Waals surface area contributed by atoms with Gasteiger partial charge in [0.2, 0.25) is 10.0 Å². The molecule has 1 atom stereocenters. The second-order valence-corrected chi connectivity index (χ2v) is 6.57. The van der Waals surface area contributed by atoms with Crippen molar-refractivity contribution in [2.45, 2.75) is 17.9 Å². The fraction of sp³-hybridized carbons (Fsp3) is 0.500. The van der Waals surface area contributed by atoms with E-state index in [1.807, 2.05) is 13.0 Å². The molecule has 1 fully saturated rings. The zero-order valence-electron chi connectivity index (χ0n) is 10.2. The summed E-state index contributed by atoms with van der Waals surface area (Å²) in [5.74, 6) is 0.305. The van der Waals surface area contributed by atoms with Gasteiger partial charge in [0, 0.05) is 19.0 Å². The van der Waals surface area contributed by atoms with E-state index < -0.39 is 10.0 Å². The molecule has 18 heavy (non-hydrogen) atoms. The highest BCUT2D eigenvalue weighted by Crippen LogP contribution is 2.19. The molecule has 0 saturated carbocycles. The highest BCUT2D eigenvalue weighted by molar-refractivity contribution is 7.89. The predicted molar refractivity (Wildman–Crippen MR) is 70.4 cm³/mol. The van der Waals surface area contributed by atoms with Gasteiger partial charge in [-0.05, 0) is 24.6 Å². The minimum absolute atomic E-state index is 0.222. The van der Waals surface area contributed by atoms with Crippen LogP contribution in [0.4, 0.5) is 0 Å². The first-order valence-corrected chi connectivity index (χ1v) is 7.76. The molecule has 1 aliphatic heterocycles. The normalized spacial score (nSPS) is 22.0. The van der Waals surface area contributed by atoms with Crippen LogP contribution in [-0.4, -0.2) is 44.4 Å². The Morgan fingerprint density at radius 1 is 1.50 bits per heavy atom. The van der Waals surface area contributed by atoms with Crippen molar-refractivity contribution in [3.63, 3.8) is 0 Å². The monoisotopic (exact) mass is 289 g/mol. The minimum atomic E-state index is -3.43. The number of hydrogen-bond donors (Lipinski definition) is 0. The molecule has 1 aliphatic rings. The summed E-state index contributed by atoms with van der Waals surface area (Å²) in [5.41, 5.74) is 0.929. The van der Waals surface area contributed by atoms with E-state index in [0.29, 0.717) is 30.5 Å². The SMILES string of the molecule is Cc1cccc(S(=O)(=O)N2CCOC(CCl)C2)c1. The molecule has 4 nitrogen and oxygen atoms in total. The van der Waals surface area contributed by atoms with Crippen molar-refractivity contribution in [2.75, 3.05) is 25.6 Å². The van der Waals surface area contributed by atoms with Gasteiger partial charge in [0.15, 0.2) is 0 Å². The predicted octanol–water partition coefficient (Wildman–Crippen LogP) is 1.62. The van der Waals surface area contributed by atoms with E-state index in [1.54, 1.807) is 18.2 Å². The molecular weight excluding hydrogens is 274 g/mol. The van der Waals surface area contributed by atoms with E-state index in [9.17, 15) is 8.42 Å². The van der Waals surface area contributed by atoms with Gasteiger partial charge in [-0.1, -0.05) is 12.1 Å². The highest BCUT2D eigenvalue weighted by atomic mass is 35.5. The van der Waals surface area contributed by atoms with Crippen molar-refractivity contribution in [3.05, 3.63) is 29.8 Å². The Hall–Kier alpha value is -0.620. The van der Waals surface area contributed by atoms with E-state index in [-0.39, 0.29) is 6.10 Å². The number of morpholine rings is 1. The summed E-state index contributed by atoms with van der Waals surface area (Å²) in [6, 6.07) is 6.93. The zero-order valence-corrected chi connectivity index (χ0v) is 11.7. The van der Waals surface area contributed by atoms with Gasteiger partial charge >= 0.3 is 0 Å². The first kappa shape index (κ1) is 13.8. The third-order valence-corrected chi connectivity index (χ3v) is 5.11. The number of hydrogen-bond acceptors (Lipinski definition) is 3. The maximum Gasteiger partial charge on any atom is 0.243 e. The van der Waals surface area contributed by atoms with Crippen LogP contribution in [0.25, 0.3) is 0 Å². The maximum atomic E-state index is 12.4. The molecule has 0 aromatic heterocycles. The Morgan fingerprint density at radius 3 is 2.94 bits per heavy atom. The fourth-order valence-electron chi connectivity index (χ4n) is 1.93. The van der Waals surface area contributed by atoms with Crippen LogP contribution >= 0.6 is 11.6 Å². The lowest BCUT2D eigenvalue weighted by Crippen LogP contribution is -2.46. The molecule has 1 unspecified atom stereocenters. The van der Waals surface area contributed by atoms with E-state index in [0.717, 1.165) is 5.56 Å². The van der Waals surface area contributed by atoms with Crippen LogP contribution in [0.2, 0.25) is 0 Å². The first-order valence-electron chi connectivity index (χ1n) is 5.78. The van der Waals surface area contributed by atoms with Crippen molar-refractivity contribution < 1.29 is 13.2 Å². The van der Waals surface area contributed by atoms with Crippen LogP contribution in [0, 0.1) is 6.92 Å². The smallest absolute Gasteiger partial charge is 0.243 e. The minimum Gasteiger partial charge on any atom is -0.374 e. The average Bonchev–Trinajstić information content (AvgIpc) is 2.39. The molecule has 0 radical (unpaired) electrons. The lowest BCUT2D eigenvalue weighted by molar-refractivity contribution is 0.0122. The van der Waals surface area contributed by atoms with Crippen molar-refractivity contribution >= 4 is 21.6 Å². The number of ether oxygens (including phenoxy) is 1. The van der Waals surface area contributed by atoms with Crippen LogP contribution < -0.4 is 0 Å². The molecule has 1 saturated heterocycles. The van der Waals surface area contributed by atoms with Crippen LogP contribution in [-0.2, 0) is 14.8 Å². The molecule has 2 rings (SSSR count). The third kappa shape index (κ3) is 2.85. The van der Waals surface area contributed by atoms with Crippen molar-refractivity contribution in [1.82, 2.24) is 4.31 Å². The summed E-state index contributed by atoms with van der Waals surface area (Å²) in [4.78, 5) is 0.331. The molecule has 0 N–H and O–H groups in total. The Labute approximate surface area is 113 Å². The standard InChI is InChI=1S/C12H16ClNO3S/c1-10-3-2-4-12(7-10)18(15,16)14-5-6-17-11(8-13)9-14/h2-4,7,11H,5-6,8-9H2,1H3. The Kier molecular flexibility index (Phi) is 4.27. The summed E-state index contributed by atoms with van der Waals surface area (Å²) in [6.45, 7) is 2.96. The second-order valence-electron chi connectivity index (χ2n) is 4.33. The Morgan fingerprint density at radius 2 is 2.28 bits per heavy atom. The molecule has 6 heteroatoms. The van der Waals surface area contributed by atoms with Gasteiger partial charge in [-0.15, -0.1) is 11.6 Å². The number of alkyl halides is 1. The number of benzene rings is 1. The molecule has 1 aromatic carbocycles. The summed E-state index contributed by atoms with van der Waals surface area (Å²) < 4.78 is 31.7. The van der Waals surface area contributed by atoms with Gasteiger partial charge in [0.05, 0.1) is 17.6 Å². The molecular formula is C12H16ClNO3S. The Bertz CT molecular complexity index is 518. The fourth-order valence-corrected chi connectivity index (χ4v) is 3.68. The zero-order chi connectivity index (χ0) is 13.2. The van der Waals surface area contributed by atoms with Gasteiger partial charge in [-0.25, -0.2) is 8.42 Å². The molecule has 100 valence electrons. The number of halogens is 1. The highest BCUT2D eigenvalue weighted by Gasteiger charge is 2.30. The van der Waals surface area contributed by atoms with Crippen molar-refractivity contribution in [1.29, 1.82) is 0 Å². The summed E-state index contributed by atoms with van der Waals surface area (Å²) >= 11 is 5.72. The second kappa shape index (κ2) is 5.57. The van der Waals surface area contributed by atoms with E-state index in [4.69, 9.17) is 16.3 Å². The molecule has 1 aromatic rings. The molecule has 0 spiro atoms. The van der Waals surface area contributed by atoms with E-state index in [2.05, 4.69) is 0 Å². The largest absolute Gasteiger partial charge is 0.374 e. The van der Waals surface area contributed by atoms with Gasteiger partial charge in [0.1, 0.15) is 0 Å². The summed E-state index contributed by atoms with van der Waals surface area (Å²) in [7, 11) is -3.43. The molecule has 0 amide bonds. The number of sulfonamides is 1. The quantitative estimate of drug-likeness (QED) is 0.795. The van der Waals surface area contributed by atoms with Gasteiger partial charge in [-0.2, -0.15) is 4.31 Å². The molecule has 1 heterocycles. The molecule has 0 aliphatic carbocycles. The van der Waals surface area contributed by atoms with Crippen LogP contribution in [0.5, 0.6) is 0 Å². The van der Waals surface area contributed by atoms with Gasteiger partial charge in [-0.3, -0.25) is 0 Å². The first-order chi connectivity index (χ1) is 8.54. The lowest BCUT2D eigenvalue weighted by atomic mass is 10.2. The third-order valence-electron chi connectivity index (χ3n) is 2.90. The number of nitrogens with zero attached hydrogens (tertiary/aromatic N) is 1. The van der Waals surface area contributed by atoms with Crippen LogP contribution in [0.3, 0.4) is 0 Å². The van der Waals surface area contributed by atoms with Crippen molar-refractivity contribution in [3.8, 4) is 0 Å². The van der Waals surface area contributed by atoms with Crippen LogP contribution in [0.15, 0.2) is 29.2 Å². The van der Waals surface area contributed by atoms with Crippen molar-refractivity contribution in [2.24, 2.45) is 0 Å². The van der Waals surface area contributed by atoms with Gasteiger partial charge < -0.3 is 4.74 Å². The maximum absolute atomic E-state index is 12.4. The molecule has 0 bridgehead atoms. The van der Waals surface area contributed by atoms with Gasteiger partial charge in [0.25, 0.3) is 0 Å². The van der Waals surface area contributed by atoms with Crippen LogP contribution in [0.1, 0.15) is 5.56 Å². The van der Waals surface area contributed by atoms with E-state index in [1.165, 1.54) is 4.31 Å². The summed E-state index contributed by atoms with van der Waals surface area (Å²) in [5, 5.41) is 0. The summed E-state index contributed by atoms with van der Waals surface area (Å²) in [6.07, 6.45) is -0.222. The topological polar surface area (TPSA) is 46.6 Å². The average molecular weight is 290 g/mol.